The molecule has 0 aliphatic carbocycles. The van der Waals surface area contributed by atoms with E-state index in [1.54, 1.807) is 12.1 Å². The van der Waals surface area contributed by atoms with Crippen LogP contribution in [0.4, 0.5) is 4.39 Å². The molecule has 0 fully saturated rings. The maximum atomic E-state index is 14.4. The van der Waals surface area contributed by atoms with Gasteiger partial charge in [0.25, 0.3) is 5.91 Å². The molecule has 0 saturated carbocycles. The molecular weight excluding hydrogens is 297 g/mol. The lowest BCUT2D eigenvalue weighted by Gasteiger charge is -2.21. The molecule has 0 radical (unpaired) electrons. The second-order valence-corrected chi connectivity index (χ2v) is 5.52. The predicted molar refractivity (Wildman–Crippen MR) is 86.3 cm³/mol. The molecule has 1 aromatic carbocycles. The van der Waals surface area contributed by atoms with Gasteiger partial charge in [0.1, 0.15) is 11.5 Å². The van der Waals surface area contributed by atoms with Gasteiger partial charge in [0, 0.05) is 24.3 Å². The van der Waals surface area contributed by atoms with Crippen molar-refractivity contribution >= 4 is 5.91 Å². The Morgan fingerprint density at radius 3 is 2.57 bits per heavy atom. The van der Waals surface area contributed by atoms with E-state index in [9.17, 15) is 9.18 Å². The number of carbonyl (C=O) groups excluding carboxylic acids is 1. The van der Waals surface area contributed by atoms with Gasteiger partial charge in [-0.1, -0.05) is 6.92 Å². The average Bonchev–Trinajstić information content (AvgIpc) is 2.84. The number of hydrogen-bond donors (Lipinski definition) is 1. The Balaban J connectivity index is 2.31. The number of rotatable bonds is 6. The van der Waals surface area contributed by atoms with Gasteiger partial charge in [-0.25, -0.2) is 9.07 Å². The molecule has 1 heterocycles. The summed E-state index contributed by atoms with van der Waals surface area (Å²) < 4.78 is 16.0. The third-order valence-corrected chi connectivity index (χ3v) is 3.58. The van der Waals surface area contributed by atoms with Crippen LogP contribution >= 0.6 is 0 Å². The number of nitrogens with zero attached hydrogens (tertiary/aromatic N) is 3. The number of aromatic nitrogens is 2. The van der Waals surface area contributed by atoms with E-state index in [0.29, 0.717) is 12.2 Å². The molecule has 1 amide bonds. The molecule has 1 N–H and O–H groups in total. The third-order valence-electron chi connectivity index (χ3n) is 3.58. The van der Waals surface area contributed by atoms with E-state index in [1.807, 2.05) is 26.8 Å². The second kappa shape index (κ2) is 7.37. The van der Waals surface area contributed by atoms with Gasteiger partial charge in [0.05, 0.1) is 12.3 Å². The van der Waals surface area contributed by atoms with Gasteiger partial charge in [-0.15, -0.1) is 0 Å². The Hall–Kier alpha value is -2.21. The van der Waals surface area contributed by atoms with Gasteiger partial charge in [-0.2, -0.15) is 5.10 Å². The molecule has 6 heteroatoms. The van der Waals surface area contributed by atoms with Crippen LogP contribution in [-0.2, 0) is 0 Å². The normalized spacial score (nSPS) is 10.8. The monoisotopic (exact) mass is 319 g/mol. The van der Waals surface area contributed by atoms with Gasteiger partial charge >= 0.3 is 0 Å². The van der Waals surface area contributed by atoms with E-state index >= 15 is 0 Å². The van der Waals surface area contributed by atoms with E-state index in [4.69, 9.17) is 5.11 Å². The van der Waals surface area contributed by atoms with Crippen molar-refractivity contribution in [1.82, 2.24) is 14.7 Å². The molecule has 0 saturated heterocycles. The molecule has 0 atom stereocenters. The van der Waals surface area contributed by atoms with Crippen molar-refractivity contribution in [2.75, 3.05) is 19.7 Å². The number of carbonyl (C=O) groups is 1. The van der Waals surface area contributed by atoms with Crippen LogP contribution in [0.5, 0.6) is 0 Å². The number of aliphatic hydroxyl groups excluding tert-OH is 1. The lowest BCUT2D eigenvalue weighted by Crippen LogP contribution is -2.34. The van der Waals surface area contributed by atoms with Gasteiger partial charge in [0.15, 0.2) is 0 Å². The summed E-state index contributed by atoms with van der Waals surface area (Å²) in [4.78, 5) is 13.9. The molecule has 0 bridgehead atoms. The number of amides is 1. The van der Waals surface area contributed by atoms with E-state index < -0.39 is 5.82 Å². The summed E-state index contributed by atoms with van der Waals surface area (Å²) in [6.45, 7) is 6.30. The maximum Gasteiger partial charge on any atom is 0.254 e. The molecule has 5 nitrogen and oxygen atoms in total. The van der Waals surface area contributed by atoms with Crippen LogP contribution in [0.25, 0.3) is 5.69 Å². The minimum Gasteiger partial charge on any atom is -0.395 e. The molecule has 124 valence electrons. The molecular formula is C17H22FN3O2. The summed E-state index contributed by atoms with van der Waals surface area (Å²) in [6.07, 6.45) is 0.776. The average molecular weight is 319 g/mol. The zero-order chi connectivity index (χ0) is 17.0. The quantitative estimate of drug-likeness (QED) is 0.890. The summed E-state index contributed by atoms with van der Waals surface area (Å²) in [5, 5.41) is 13.3. The SMILES string of the molecule is CCCN(CCO)C(=O)c1ccc(-n2nc(C)cc2C)c(F)c1. The predicted octanol–water partition coefficient (Wildman–Crippen LogP) is 2.47. The molecule has 0 aliphatic rings. The fraction of sp³-hybridized carbons (Fsp3) is 0.412. The van der Waals surface area contributed by atoms with Gasteiger partial charge in [0.2, 0.25) is 0 Å². The van der Waals surface area contributed by atoms with Crippen molar-refractivity contribution in [2.45, 2.75) is 27.2 Å². The first-order chi connectivity index (χ1) is 11.0. The summed E-state index contributed by atoms with van der Waals surface area (Å²) in [7, 11) is 0. The molecule has 2 aromatic rings. The fourth-order valence-corrected chi connectivity index (χ4v) is 2.57. The topological polar surface area (TPSA) is 58.4 Å². The lowest BCUT2D eigenvalue weighted by molar-refractivity contribution is 0.0721. The Labute approximate surface area is 135 Å². The molecule has 0 unspecified atom stereocenters. The van der Waals surface area contributed by atoms with Gasteiger partial charge in [-0.3, -0.25) is 4.79 Å². The van der Waals surface area contributed by atoms with Crippen molar-refractivity contribution in [3.8, 4) is 5.69 Å². The molecule has 0 spiro atoms. The van der Waals surface area contributed by atoms with Crippen LogP contribution in [0.3, 0.4) is 0 Å². The van der Waals surface area contributed by atoms with Crippen LogP contribution in [0, 0.1) is 19.7 Å². The summed E-state index contributed by atoms with van der Waals surface area (Å²) >= 11 is 0. The smallest absolute Gasteiger partial charge is 0.254 e. The highest BCUT2D eigenvalue weighted by atomic mass is 19.1. The van der Waals surface area contributed by atoms with Crippen LogP contribution in [0.2, 0.25) is 0 Å². The number of benzene rings is 1. The van der Waals surface area contributed by atoms with Crippen LogP contribution < -0.4 is 0 Å². The third kappa shape index (κ3) is 3.76. The highest BCUT2D eigenvalue weighted by Crippen LogP contribution is 2.18. The highest BCUT2D eigenvalue weighted by Gasteiger charge is 2.17. The van der Waals surface area contributed by atoms with E-state index in [-0.39, 0.29) is 24.6 Å². The highest BCUT2D eigenvalue weighted by molar-refractivity contribution is 5.94. The van der Waals surface area contributed by atoms with Crippen molar-refractivity contribution in [3.63, 3.8) is 0 Å². The first kappa shape index (κ1) is 17.1. The zero-order valence-corrected chi connectivity index (χ0v) is 13.7. The van der Waals surface area contributed by atoms with E-state index in [2.05, 4.69) is 5.10 Å². The molecule has 1 aromatic heterocycles. The Morgan fingerprint density at radius 1 is 1.30 bits per heavy atom. The summed E-state index contributed by atoms with van der Waals surface area (Å²) in [6, 6.07) is 6.25. The standard InChI is InChI=1S/C17H22FN3O2/c1-4-7-20(8-9-22)17(23)14-5-6-16(15(18)11-14)21-13(3)10-12(2)19-21/h5-6,10-11,22H,4,7-9H2,1-3H3. The minimum atomic E-state index is -0.498. The first-order valence-corrected chi connectivity index (χ1v) is 7.71. The lowest BCUT2D eigenvalue weighted by atomic mass is 10.1. The maximum absolute atomic E-state index is 14.4. The van der Waals surface area contributed by atoms with Crippen molar-refractivity contribution in [3.05, 3.63) is 47.0 Å². The number of aryl methyl sites for hydroxylation is 2. The number of halogens is 1. The van der Waals surface area contributed by atoms with Crippen LogP contribution in [0.15, 0.2) is 24.3 Å². The van der Waals surface area contributed by atoms with Crippen molar-refractivity contribution in [2.24, 2.45) is 0 Å². The van der Waals surface area contributed by atoms with E-state index in [1.165, 1.54) is 15.6 Å². The Kier molecular flexibility index (Phi) is 5.50. The molecule has 23 heavy (non-hydrogen) atoms. The summed E-state index contributed by atoms with van der Waals surface area (Å²) in [5.74, 6) is -0.776. The minimum absolute atomic E-state index is 0.113. The van der Waals surface area contributed by atoms with Crippen molar-refractivity contribution < 1.29 is 14.3 Å². The zero-order valence-electron chi connectivity index (χ0n) is 13.7. The van der Waals surface area contributed by atoms with Crippen LogP contribution in [0.1, 0.15) is 35.1 Å². The largest absolute Gasteiger partial charge is 0.395 e. The van der Waals surface area contributed by atoms with E-state index in [0.717, 1.165) is 17.8 Å². The number of aliphatic hydroxyl groups is 1. The summed E-state index contributed by atoms with van der Waals surface area (Å²) in [5.41, 5.74) is 2.22. The second-order valence-electron chi connectivity index (χ2n) is 5.52. The van der Waals surface area contributed by atoms with Crippen LogP contribution in [-0.4, -0.2) is 45.4 Å². The van der Waals surface area contributed by atoms with Gasteiger partial charge < -0.3 is 10.0 Å². The van der Waals surface area contributed by atoms with Gasteiger partial charge in [-0.05, 0) is 44.5 Å². The molecule has 2 rings (SSSR count). The fourth-order valence-electron chi connectivity index (χ4n) is 2.57. The molecule has 0 aliphatic heterocycles. The first-order valence-electron chi connectivity index (χ1n) is 7.71. The number of hydrogen-bond acceptors (Lipinski definition) is 3. The van der Waals surface area contributed by atoms with Crippen molar-refractivity contribution in [1.29, 1.82) is 0 Å². The Bertz CT molecular complexity index is 691. The Morgan fingerprint density at radius 2 is 2.04 bits per heavy atom.